The lowest BCUT2D eigenvalue weighted by atomic mass is 9.86. The first kappa shape index (κ1) is 23.1. The third kappa shape index (κ3) is 4.43. The van der Waals surface area contributed by atoms with E-state index in [0.717, 1.165) is 12.1 Å². The number of halogens is 3. The number of rotatable bonds is 4. The molecule has 7 nitrogen and oxygen atoms in total. The number of nitriles is 1. The molecule has 0 spiro atoms. The van der Waals surface area contributed by atoms with Crippen molar-refractivity contribution in [1.29, 1.82) is 5.26 Å². The highest BCUT2D eigenvalue weighted by molar-refractivity contribution is 5.44. The van der Waals surface area contributed by atoms with Gasteiger partial charge in [-0.1, -0.05) is 18.2 Å². The smallest absolute Gasteiger partial charge is 0.394 e. The van der Waals surface area contributed by atoms with Crippen LogP contribution in [0.5, 0.6) is 0 Å². The van der Waals surface area contributed by atoms with Crippen LogP contribution in [0.15, 0.2) is 42.5 Å². The van der Waals surface area contributed by atoms with Crippen LogP contribution in [0.4, 0.5) is 13.2 Å². The highest BCUT2D eigenvalue weighted by Crippen LogP contribution is 2.37. The molecule has 0 aliphatic carbocycles. The Morgan fingerprint density at radius 1 is 1.03 bits per heavy atom. The molecule has 31 heavy (non-hydrogen) atoms. The van der Waals surface area contributed by atoms with Crippen LogP contribution in [-0.4, -0.2) is 56.6 Å². The van der Waals surface area contributed by atoms with E-state index in [0.29, 0.717) is 11.1 Å². The van der Waals surface area contributed by atoms with Crippen LogP contribution in [-0.2, 0) is 23.1 Å². The normalized spacial score (nSPS) is 28.9. The van der Waals surface area contributed by atoms with Gasteiger partial charge in [-0.05, 0) is 41.8 Å². The fourth-order valence-electron chi connectivity index (χ4n) is 3.50. The van der Waals surface area contributed by atoms with E-state index >= 15 is 0 Å². The third-order valence-electron chi connectivity index (χ3n) is 5.28. The summed E-state index contributed by atoms with van der Waals surface area (Å²) < 4.78 is 43.5. The monoisotopic (exact) mass is 439 g/mol. The fourth-order valence-corrected chi connectivity index (χ4v) is 3.50. The number of ether oxygens (including phenoxy) is 1. The minimum atomic E-state index is -4.48. The topological polar surface area (TPSA) is 134 Å². The van der Waals surface area contributed by atoms with Gasteiger partial charge in [-0.25, -0.2) is 0 Å². The van der Waals surface area contributed by atoms with Gasteiger partial charge in [0.2, 0.25) is 5.79 Å². The van der Waals surface area contributed by atoms with Crippen molar-refractivity contribution in [3.05, 3.63) is 70.3 Å². The van der Waals surface area contributed by atoms with E-state index in [1.807, 2.05) is 6.07 Å². The Bertz CT molecular complexity index is 973. The number of aliphatic hydroxyl groups is 5. The van der Waals surface area contributed by atoms with Gasteiger partial charge in [-0.3, -0.25) is 0 Å². The average molecular weight is 439 g/mol. The first-order chi connectivity index (χ1) is 14.5. The van der Waals surface area contributed by atoms with Gasteiger partial charge in [-0.15, -0.1) is 0 Å². The molecule has 5 N–H and O–H groups in total. The van der Waals surface area contributed by atoms with Crippen molar-refractivity contribution in [3.8, 4) is 6.07 Å². The molecule has 1 aliphatic heterocycles. The van der Waals surface area contributed by atoms with Gasteiger partial charge < -0.3 is 30.3 Å². The summed E-state index contributed by atoms with van der Waals surface area (Å²) in [5, 5.41) is 59.9. The van der Waals surface area contributed by atoms with Crippen LogP contribution in [0.25, 0.3) is 0 Å². The molecule has 0 bridgehead atoms. The molecule has 5 atom stereocenters. The number of alkyl halides is 3. The summed E-state index contributed by atoms with van der Waals surface area (Å²) in [6, 6.07) is 10.2. The second-order valence-corrected chi connectivity index (χ2v) is 7.32. The molecule has 166 valence electrons. The lowest BCUT2D eigenvalue weighted by Crippen LogP contribution is -2.63. The summed E-state index contributed by atoms with van der Waals surface area (Å²) >= 11 is 0. The molecule has 2 aromatic carbocycles. The zero-order valence-corrected chi connectivity index (χ0v) is 16.0. The molecule has 1 aliphatic rings. The van der Waals surface area contributed by atoms with Crippen molar-refractivity contribution in [1.82, 2.24) is 0 Å². The Balaban J connectivity index is 1.96. The number of hydrogen-bond acceptors (Lipinski definition) is 7. The highest BCUT2D eigenvalue weighted by atomic mass is 19.4. The summed E-state index contributed by atoms with van der Waals surface area (Å²) in [5.74, 6) is -2.51. The Kier molecular flexibility index (Phi) is 6.38. The van der Waals surface area contributed by atoms with Crippen molar-refractivity contribution in [2.75, 3.05) is 6.61 Å². The van der Waals surface area contributed by atoms with Gasteiger partial charge in [0.05, 0.1) is 23.8 Å². The van der Waals surface area contributed by atoms with E-state index in [9.17, 15) is 44.0 Å². The molecular formula is C21H20F3NO6. The van der Waals surface area contributed by atoms with Crippen LogP contribution >= 0.6 is 0 Å². The van der Waals surface area contributed by atoms with Crippen LogP contribution in [0.1, 0.15) is 27.8 Å². The average Bonchev–Trinajstić information content (AvgIpc) is 2.74. The third-order valence-corrected chi connectivity index (χ3v) is 5.28. The summed E-state index contributed by atoms with van der Waals surface area (Å²) in [5.41, 5.74) is 0.0795. The van der Waals surface area contributed by atoms with E-state index in [1.54, 1.807) is 0 Å². The summed E-state index contributed by atoms with van der Waals surface area (Å²) in [4.78, 5) is 0. The summed E-state index contributed by atoms with van der Waals surface area (Å²) in [6.45, 7) is -0.748. The molecule has 0 radical (unpaired) electrons. The van der Waals surface area contributed by atoms with Crippen molar-refractivity contribution in [2.24, 2.45) is 0 Å². The molecular weight excluding hydrogens is 419 g/mol. The van der Waals surface area contributed by atoms with Crippen LogP contribution in [0, 0.1) is 11.3 Å². The minimum Gasteiger partial charge on any atom is -0.394 e. The number of benzene rings is 2. The van der Waals surface area contributed by atoms with Crippen molar-refractivity contribution in [2.45, 2.75) is 42.8 Å². The lowest BCUT2D eigenvalue weighted by molar-refractivity contribution is -0.357. The molecule has 0 amide bonds. The standard InChI is InChI=1S/C21H20F3NO6/c22-21(23,24)14-4-1-11(2-5-14)7-13-8-15(6-3-12(13)9-25)20(30)19(29)18(28)17(27)16(10-26)31-20/h1-6,8,16-19,26-30H,7,10H2/t16-,17-,18+,19-,20-/m1/s1. The maximum Gasteiger partial charge on any atom is 0.416 e. The zero-order chi connectivity index (χ0) is 23.0. The SMILES string of the molecule is N#Cc1ccc([C@@]2(O)O[C@H](CO)[C@@H](O)[C@H](O)[C@H]2O)cc1Cc1ccc(C(F)(F)F)cc1. The first-order valence-electron chi connectivity index (χ1n) is 9.26. The van der Waals surface area contributed by atoms with E-state index < -0.39 is 48.5 Å². The summed E-state index contributed by atoms with van der Waals surface area (Å²) in [6.07, 6.45) is -11.3. The molecule has 0 unspecified atom stereocenters. The Hall–Kier alpha value is -2.52. The summed E-state index contributed by atoms with van der Waals surface area (Å²) in [7, 11) is 0. The molecule has 1 heterocycles. The van der Waals surface area contributed by atoms with Crippen molar-refractivity contribution in [3.63, 3.8) is 0 Å². The first-order valence-corrected chi connectivity index (χ1v) is 9.26. The van der Waals surface area contributed by atoms with Gasteiger partial charge in [0.15, 0.2) is 0 Å². The molecule has 0 saturated carbocycles. The van der Waals surface area contributed by atoms with Gasteiger partial charge in [0, 0.05) is 5.56 Å². The van der Waals surface area contributed by atoms with Gasteiger partial charge >= 0.3 is 6.18 Å². The largest absolute Gasteiger partial charge is 0.416 e. The Morgan fingerprint density at radius 3 is 2.23 bits per heavy atom. The van der Waals surface area contributed by atoms with E-state index in [4.69, 9.17) is 4.74 Å². The zero-order valence-electron chi connectivity index (χ0n) is 16.0. The Morgan fingerprint density at radius 2 is 1.68 bits per heavy atom. The van der Waals surface area contributed by atoms with Crippen LogP contribution < -0.4 is 0 Å². The second-order valence-electron chi connectivity index (χ2n) is 7.32. The molecule has 1 saturated heterocycles. The Labute approximate surface area is 175 Å². The quantitative estimate of drug-likeness (QED) is 0.476. The van der Waals surface area contributed by atoms with E-state index in [2.05, 4.69) is 0 Å². The molecule has 3 rings (SSSR count). The van der Waals surface area contributed by atoms with Gasteiger partial charge in [0.1, 0.15) is 24.4 Å². The van der Waals surface area contributed by atoms with Crippen molar-refractivity contribution >= 4 is 0 Å². The van der Waals surface area contributed by atoms with E-state index in [1.165, 1.54) is 30.3 Å². The maximum atomic E-state index is 12.8. The lowest BCUT2D eigenvalue weighted by Gasteiger charge is -2.45. The van der Waals surface area contributed by atoms with Crippen LogP contribution in [0.2, 0.25) is 0 Å². The second kappa shape index (κ2) is 8.55. The molecule has 0 aromatic heterocycles. The van der Waals surface area contributed by atoms with E-state index in [-0.39, 0.29) is 17.5 Å². The molecule has 1 fully saturated rings. The predicted octanol–water partition coefficient (Wildman–Crippen LogP) is 0.787. The minimum absolute atomic E-state index is 0.0374. The van der Waals surface area contributed by atoms with Gasteiger partial charge in [-0.2, -0.15) is 18.4 Å². The maximum absolute atomic E-state index is 12.8. The molecule has 10 heteroatoms. The van der Waals surface area contributed by atoms with Gasteiger partial charge in [0.25, 0.3) is 0 Å². The number of hydrogen-bond donors (Lipinski definition) is 5. The van der Waals surface area contributed by atoms with Crippen molar-refractivity contribution < 1.29 is 43.4 Å². The molecule has 2 aromatic rings. The predicted molar refractivity (Wildman–Crippen MR) is 99.3 cm³/mol. The fraction of sp³-hybridized carbons (Fsp3) is 0.381. The highest BCUT2D eigenvalue weighted by Gasteiger charge is 2.53. The number of aliphatic hydroxyl groups excluding tert-OH is 4. The number of nitrogens with zero attached hydrogens (tertiary/aromatic N) is 1. The van der Waals surface area contributed by atoms with Crippen LogP contribution in [0.3, 0.4) is 0 Å².